The Morgan fingerprint density at radius 3 is 1.44 bits per heavy atom. The number of rotatable bonds is 3. The van der Waals surface area contributed by atoms with Gasteiger partial charge in [0.05, 0.1) is 0 Å². The first-order chi connectivity index (χ1) is 25.0. The highest BCUT2D eigenvalue weighted by Crippen LogP contribution is 2.47. The second-order valence-electron chi connectivity index (χ2n) is 16.6. The largest absolute Gasteiger partial charge is 0.0616 e. The molecule has 9 rings (SSSR count). The van der Waals surface area contributed by atoms with Crippen molar-refractivity contribution in [1.82, 2.24) is 0 Å². The zero-order chi connectivity index (χ0) is 35.8. The molecule has 9 aromatic rings. The van der Waals surface area contributed by atoms with Gasteiger partial charge in [-0.15, -0.1) is 0 Å². The topological polar surface area (TPSA) is 0 Å². The summed E-state index contributed by atoms with van der Waals surface area (Å²) in [6.45, 7) is 13.9. The fourth-order valence-electron chi connectivity index (χ4n) is 8.24. The minimum absolute atomic E-state index is 0.0159. The van der Waals surface area contributed by atoms with E-state index in [9.17, 15) is 0 Å². The lowest BCUT2D eigenvalue weighted by molar-refractivity contribution is 0.590. The van der Waals surface area contributed by atoms with E-state index >= 15 is 0 Å². The van der Waals surface area contributed by atoms with Gasteiger partial charge in [-0.05, 0) is 127 Å². The second-order valence-corrected chi connectivity index (χ2v) is 16.6. The third-order valence-corrected chi connectivity index (χ3v) is 11.2. The van der Waals surface area contributed by atoms with Gasteiger partial charge < -0.3 is 0 Å². The van der Waals surface area contributed by atoms with Crippen molar-refractivity contribution in [3.8, 4) is 33.4 Å². The summed E-state index contributed by atoms with van der Waals surface area (Å²) < 4.78 is 0. The predicted octanol–water partition coefficient (Wildman–Crippen LogP) is 15.0. The summed E-state index contributed by atoms with van der Waals surface area (Å²) in [4.78, 5) is 0. The lowest BCUT2D eigenvalue weighted by Crippen LogP contribution is -2.11. The van der Waals surface area contributed by atoms with E-state index in [-0.39, 0.29) is 10.8 Å². The van der Waals surface area contributed by atoms with Gasteiger partial charge >= 0.3 is 0 Å². The van der Waals surface area contributed by atoms with Crippen LogP contribution in [0, 0.1) is 0 Å². The van der Waals surface area contributed by atoms with Crippen LogP contribution in [0.25, 0.3) is 87.2 Å². The Kier molecular flexibility index (Phi) is 7.39. The molecule has 0 radical (unpaired) electrons. The summed E-state index contributed by atoms with van der Waals surface area (Å²) in [6, 6.07) is 59.4. The zero-order valence-electron chi connectivity index (χ0n) is 31.0. The smallest absolute Gasteiger partial charge is 0.00260 e. The molecule has 0 aliphatic heterocycles. The normalized spacial score (nSPS) is 12.4. The van der Waals surface area contributed by atoms with Crippen LogP contribution in [0.4, 0.5) is 0 Å². The molecule has 0 heteroatoms. The average molecular weight is 669 g/mol. The molecule has 52 heavy (non-hydrogen) atoms. The van der Waals surface area contributed by atoms with E-state index in [2.05, 4.69) is 199 Å². The van der Waals surface area contributed by atoms with Gasteiger partial charge in [-0.25, -0.2) is 0 Å². The molecule has 0 heterocycles. The Balaban J connectivity index is 1.32. The van der Waals surface area contributed by atoms with Crippen molar-refractivity contribution in [1.29, 1.82) is 0 Å². The number of hydrogen-bond donors (Lipinski definition) is 0. The molecule has 0 aromatic heterocycles. The van der Waals surface area contributed by atoms with Crippen molar-refractivity contribution < 1.29 is 0 Å². The molecule has 0 nitrogen and oxygen atoms in total. The van der Waals surface area contributed by atoms with Crippen LogP contribution < -0.4 is 0 Å². The van der Waals surface area contributed by atoms with Gasteiger partial charge in [-0.1, -0.05) is 181 Å². The highest BCUT2D eigenvalue weighted by atomic mass is 14.3. The maximum absolute atomic E-state index is 2.47. The molecule has 252 valence electrons. The van der Waals surface area contributed by atoms with Crippen molar-refractivity contribution in [3.63, 3.8) is 0 Å². The van der Waals surface area contributed by atoms with Crippen LogP contribution >= 0.6 is 0 Å². The van der Waals surface area contributed by atoms with Gasteiger partial charge in [0.25, 0.3) is 0 Å². The van der Waals surface area contributed by atoms with E-state index < -0.39 is 0 Å². The second kappa shape index (κ2) is 11.9. The summed E-state index contributed by atoms with van der Waals surface area (Å²) in [5.41, 5.74) is 10.3. The van der Waals surface area contributed by atoms with Gasteiger partial charge in [0, 0.05) is 0 Å². The summed E-state index contributed by atoms with van der Waals surface area (Å²) in [5.74, 6) is 0. The van der Waals surface area contributed by atoms with E-state index in [0.717, 1.165) is 0 Å². The van der Waals surface area contributed by atoms with Gasteiger partial charge in [0.2, 0.25) is 0 Å². The first-order valence-corrected chi connectivity index (χ1v) is 18.6. The highest BCUT2D eigenvalue weighted by Gasteiger charge is 2.23. The van der Waals surface area contributed by atoms with E-state index in [0.29, 0.717) is 0 Å². The van der Waals surface area contributed by atoms with Crippen LogP contribution in [0.3, 0.4) is 0 Å². The Bertz CT molecular complexity index is 2840. The monoisotopic (exact) mass is 668 g/mol. The molecule has 9 aromatic carbocycles. The van der Waals surface area contributed by atoms with Crippen LogP contribution in [0.5, 0.6) is 0 Å². The minimum Gasteiger partial charge on any atom is -0.0616 e. The third-order valence-electron chi connectivity index (χ3n) is 11.2. The van der Waals surface area contributed by atoms with Crippen LogP contribution in [-0.2, 0) is 10.8 Å². The molecule has 0 unspecified atom stereocenters. The van der Waals surface area contributed by atoms with E-state index in [1.807, 2.05) is 0 Å². The predicted molar refractivity (Wildman–Crippen MR) is 228 cm³/mol. The van der Waals surface area contributed by atoms with Crippen molar-refractivity contribution >= 4 is 53.9 Å². The average Bonchev–Trinajstić information content (AvgIpc) is 3.15. The molecule has 0 bridgehead atoms. The standard InChI is InChI=1S/C52H44/c1-51(2,3)39-26-29-46-47(31-39)49(36-21-19-35(20-22-36)42-16-11-17-43-41-15-10-9-13-34(41)24-27-44(42)43)45-28-25-40(52(4,5)6)32-48(45)50(46)38-23-18-33-12-7-8-14-37(33)30-38/h7-32H,1-6H3. The molecule has 0 amide bonds. The summed E-state index contributed by atoms with van der Waals surface area (Å²) in [5, 5.41) is 12.9. The lowest BCUT2D eigenvalue weighted by Gasteiger charge is -2.25. The molecule has 0 N–H and O–H groups in total. The van der Waals surface area contributed by atoms with Crippen molar-refractivity contribution in [3.05, 3.63) is 169 Å². The lowest BCUT2D eigenvalue weighted by atomic mass is 9.79. The van der Waals surface area contributed by atoms with Crippen molar-refractivity contribution in [2.24, 2.45) is 0 Å². The van der Waals surface area contributed by atoms with Crippen molar-refractivity contribution in [2.45, 2.75) is 52.4 Å². The van der Waals surface area contributed by atoms with Gasteiger partial charge in [-0.3, -0.25) is 0 Å². The summed E-state index contributed by atoms with van der Waals surface area (Å²) in [6.07, 6.45) is 0. The Hall–Kier alpha value is -5.72. The van der Waals surface area contributed by atoms with Gasteiger partial charge in [0.1, 0.15) is 0 Å². The summed E-state index contributed by atoms with van der Waals surface area (Å²) in [7, 11) is 0. The van der Waals surface area contributed by atoms with E-state index in [1.54, 1.807) is 0 Å². The molecular formula is C52H44. The van der Waals surface area contributed by atoms with Crippen LogP contribution in [0.2, 0.25) is 0 Å². The first-order valence-electron chi connectivity index (χ1n) is 18.6. The molecule has 0 atom stereocenters. The quantitative estimate of drug-likeness (QED) is 0.130. The highest BCUT2D eigenvalue weighted by molar-refractivity contribution is 6.22. The Morgan fingerprint density at radius 1 is 0.288 bits per heavy atom. The molecule has 0 saturated carbocycles. The Morgan fingerprint density at radius 2 is 0.788 bits per heavy atom. The fourth-order valence-corrected chi connectivity index (χ4v) is 8.24. The SMILES string of the molecule is CC(C)(C)c1ccc2c(-c3ccc4ccccc4c3)c3cc(C(C)(C)C)ccc3c(-c3ccc(-c4cccc5c4ccc4ccccc45)cc3)c2c1. The summed E-state index contributed by atoms with van der Waals surface area (Å²) >= 11 is 0. The minimum atomic E-state index is 0.0159. The Labute approximate surface area is 307 Å². The third kappa shape index (κ3) is 5.37. The number of benzene rings is 9. The van der Waals surface area contributed by atoms with Crippen molar-refractivity contribution in [2.75, 3.05) is 0 Å². The molecule has 0 spiro atoms. The van der Waals surface area contributed by atoms with Crippen LogP contribution in [0.15, 0.2) is 158 Å². The molecule has 0 aliphatic rings. The van der Waals surface area contributed by atoms with Gasteiger partial charge in [-0.2, -0.15) is 0 Å². The maximum Gasteiger partial charge on any atom is -0.00260 e. The van der Waals surface area contributed by atoms with Crippen LogP contribution in [-0.4, -0.2) is 0 Å². The molecule has 0 saturated heterocycles. The molecule has 0 fully saturated rings. The first kappa shape index (κ1) is 32.2. The van der Waals surface area contributed by atoms with E-state index in [4.69, 9.17) is 0 Å². The van der Waals surface area contributed by atoms with E-state index in [1.165, 1.54) is 98.4 Å². The maximum atomic E-state index is 2.47. The number of hydrogen-bond acceptors (Lipinski definition) is 0. The fraction of sp³-hybridized carbons (Fsp3) is 0.154. The zero-order valence-corrected chi connectivity index (χ0v) is 31.0. The molecular weight excluding hydrogens is 625 g/mol. The van der Waals surface area contributed by atoms with Crippen LogP contribution in [0.1, 0.15) is 52.7 Å². The number of fused-ring (bicyclic) bond motifs is 6. The van der Waals surface area contributed by atoms with Gasteiger partial charge in [0.15, 0.2) is 0 Å². The molecule has 0 aliphatic carbocycles.